The third-order valence-corrected chi connectivity index (χ3v) is 4.61. The van der Waals surface area contributed by atoms with Gasteiger partial charge in [0.1, 0.15) is 0 Å². The van der Waals surface area contributed by atoms with Gasteiger partial charge in [0.05, 0.1) is 5.54 Å². The molecule has 5 nitrogen and oxygen atoms in total. The van der Waals surface area contributed by atoms with E-state index in [2.05, 4.69) is 29.2 Å². The van der Waals surface area contributed by atoms with E-state index in [0.717, 1.165) is 13.1 Å². The maximum absolute atomic E-state index is 12.3. The van der Waals surface area contributed by atoms with E-state index in [1.165, 1.54) is 25.9 Å². The van der Waals surface area contributed by atoms with Crippen LogP contribution in [0.15, 0.2) is 0 Å². The topological polar surface area (TPSA) is 38.8 Å². The van der Waals surface area contributed by atoms with Gasteiger partial charge >= 0.3 is 0 Å². The molecule has 5 heteroatoms. The number of nitrogens with zero attached hydrogens (tertiary/aromatic N) is 3. The standard InChI is InChI=1S/C15H32N4O/c1-15(2,16-3)14(20)19(6)12-11-18(5)13-7-9-17(4)10-8-13/h13,16H,7-12H2,1-6H3. The fraction of sp³-hybridized carbons (Fsp3) is 0.933. The van der Waals surface area contributed by atoms with Crippen LogP contribution in [-0.2, 0) is 4.79 Å². The quantitative estimate of drug-likeness (QED) is 0.769. The Hall–Kier alpha value is -0.650. The van der Waals surface area contributed by atoms with E-state index in [1.807, 2.05) is 32.8 Å². The first-order valence-corrected chi connectivity index (χ1v) is 7.61. The molecule has 1 saturated heterocycles. The van der Waals surface area contributed by atoms with Crippen LogP contribution in [0.4, 0.5) is 0 Å². The van der Waals surface area contributed by atoms with Crippen LogP contribution >= 0.6 is 0 Å². The molecule has 0 radical (unpaired) electrons. The highest BCUT2D eigenvalue weighted by atomic mass is 16.2. The van der Waals surface area contributed by atoms with E-state index in [0.29, 0.717) is 6.04 Å². The molecule has 0 aromatic carbocycles. The van der Waals surface area contributed by atoms with Crippen LogP contribution in [0.3, 0.4) is 0 Å². The maximum atomic E-state index is 12.3. The number of hydrogen-bond acceptors (Lipinski definition) is 4. The molecule has 0 spiro atoms. The predicted octanol–water partition coefficient (Wildman–Crippen LogP) is 0.469. The van der Waals surface area contributed by atoms with Crippen molar-refractivity contribution in [3.63, 3.8) is 0 Å². The minimum absolute atomic E-state index is 0.150. The highest BCUT2D eigenvalue weighted by Gasteiger charge is 2.28. The van der Waals surface area contributed by atoms with Crippen molar-refractivity contribution in [2.24, 2.45) is 0 Å². The van der Waals surface area contributed by atoms with Crippen molar-refractivity contribution in [3.8, 4) is 0 Å². The molecule has 1 fully saturated rings. The lowest BCUT2D eigenvalue weighted by molar-refractivity contribution is -0.135. The van der Waals surface area contributed by atoms with Crippen molar-refractivity contribution in [2.75, 3.05) is 54.4 Å². The molecule has 0 aliphatic carbocycles. The van der Waals surface area contributed by atoms with Gasteiger partial charge in [0.25, 0.3) is 0 Å². The Balaban J connectivity index is 2.37. The second kappa shape index (κ2) is 7.38. The molecule has 20 heavy (non-hydrogen) atoms. The SMILES string of the molecule is CNC(C)(C)C(=O)N(C)CCN(C)C1CCN(C)CC1. The molecule has 0 unspecified atom stereocenters. The summed E-state index contributed by atoms with van der Waals surface area (Å²) in [6, 6.07) is 0.659. The Morgan fingerprint density at radius 3 is 2.30 bits per heavy atom. The second-order valence-corrected chi connectivity index (χ2v) is 6.62. The van der Waals surface area contributed by atoms with E-state index in [-0.39, 0.29) is 5.91 Å². The third kappa shape index (κ3) is 4.72. The summed E-state index contributed by atoms with van der Waals surface area (Å²) in [5, 5.41) is 3.07. The first kappa shape index (κ1) is 17.4. The number of likely N-dealkylation sites (N-methyl/N-ethyl adjacent to an activating group) is 3. The lowest BCUT2D eigenvalue weighted by Gasteiger charge is -2.36. The van der Waals surface area contributed by atoms with Crippen LogP contribution in [-0.4, -0.2) is 86.6 Å². The van der Waals surface area contributed by atoms with Crippen molar-refractivity contribution in [1.29, 1.82) is 0 Å². The fourth-order valence-electron chi connectivity index (χ4n) is 2.61. The van der Waals surface area contributed by atoms with Gasteiger partial charge in [0.15, 0.2) is 0 Å². The van der Waals surface area contributed by atoms with E-state index >= 15 is 0 Å². The second-order valence-electron chi connectivity index (χ2n) is 6.62. The molecule has 0 aromatic rings. The summed E-state index contributed by atoms with van der Waals surface area (Å²) in [5.74, 6) is 0.150. The van der Waals surface area contributed by atoms with Gasteiger partial charge in [-0.15, -0.1) is 0 Å². The summed E-state index contributed by atoms with van der Waals surface area (Å²) in [4.78, 5) is 18.9. The Bertz CT molecular complexity index is 311. The molecule has 1 rings (SSSR count). The number of likely N-dealkylation sites (tertiary alicyclic amines) is 1. The van der Waals surface area contributed by atoms with Gasteiger partial charge in [0, 0.05) is 26.2 Å². The Morgan fingerprint density at radius 2 is 1.80 bits per heavy atom. The Labute approximate surface area is 124 Å². The summed E-state index contributed by atoms with van der Waals surface area (Å²) in [6.07, 6.45) is 2.46. The maximum Gasteiger partial charge on any atom is 0.242 e. The number of carbonyl (C=O) groups is 1. The number of carbonyl (C=O) groups excluding carboxylic acids is 1. The monoisotopic (exact) mass is 284 g/mol. The van der Waals surface area contributed by atoms with E-state index < -0.39 is 5.54 Å². The van der Waals surface area contributed by atoms with Crippen molar-refractivity contribution < 1.29 is 4.79 Å². The van der Waals surface area contributed by atoms with Crippen LogP contribution in [0.2, 0.25) is 0 Å². The minimum Gasteiger partial charge on any atom is -0.343 e. The highest BCUT2D eigenvalue weighted by molar-refractivity contribution is 5.85. The molecule has 0 atom stereocenters. The zero-order valence-electron chi connectivity index (χ0n) is 14.1. The minimum atomic E-state index is -0.485. The van der Waals surface area contributed by atoms with Gasteiger partial charge in [-0.05, 0) is 60.9 Å². The van der Waals surface area contributed by atoms with Crippen LogP contribution in [0.25, 0.3) is 0 Å². The number of piperidine rings is 1. The summed E-state index contributed by atoms with van der Waals surface area (Å²) in [6.45, 7) is 7.93. The van der Waals surface area contributed by atoms with Crippen LogP contribution in [0.1, 0.15) is 26.7 Å². The number of nitrogens with one attached hydrogen (secondary N) is 1. The summed E-state index contributed by atoms with van der Waals surface area (Å²) in [7, 11) is 8.08. The molecule has 1 amide bonds. The molecule has 1 heterocycles. The average molecular weight is 284 g/mol. The zero-order valence-corrected chi connectivity index (χ0v) is 14.1. The number of amides is 1. The van der Waals surface area contributed by atoms with Crippen molar-refractivity contribution in [3.05, 3.63) is 0 Å². The smallest absolute Gasteiger partial charge is 0.242 e. The van der Waals surface area contributed by atoms with Crippen LogP contribution < -0.4 is 5.32 Å². The summed E-state index contributed by atoms with van der Waals surface area (Å²) in [5.41, 5.74) is -0.485. The molecular formula is C15H32N4O. The van der Waals surface area contributed by atoms with E-state index in [1.54, 1.807) is 0 Å². The summed E-state index contributed by atoms with van der Waals surface area (Å²) >= 11 is 0. The lowest BCUT2D eigenvalue weighted by atomic mass is 10.0. The first-order chi connectivity index (χ1) is 9.27. The van der Waals surface area contributed by atoms with Gasteiger partial charge in [-0.25, -0.2) is 0 Å². The van der Waals surface area contributed by atoms with Gasteiger partial charge in [-0.3, -0.25) is 4.79 Å². The van der Waals surface area contributed by atoms with Crippen molar-refractivity contribution in [1.82, 2.24) is 20.0 Å². The van der Waals surface area contributed by atoms with Gasteiger partial charge < -0.3 is 20.0 Å². The van der Waals surface area contributed by atoms with Crippen LogP contribution in [0.5, 0.6) is 0 Å². The van der Waals surface area contributed by atoms with E-state index in [4.69, 9.17) is 0 Å². The molecule has 1 aliphatic rings. The van der Waals surface area contributed by atoms with Crippen LogP contribution in [0, 0.1) is 0 Å². The Morgan fingerprint density at radius 1 is 1.25 bits per heavy atom. The first-order valence-electron chi connectivity index (χ1n) is 7.61. The van der Waals surface area contributed by atoms with Crippen molar-refractivity contribution >= 4 is 5.91 Å². The number of rotatable bonds is 6. The fourth-order valence-corrected chi connectivity index (χ4v) is 2.61. The normalized spacial score (nSPS) is 18.6. The lowest BCUT2D eigenvalue weighted by Crippen LogP contribution is -2.53. The average Bonchev–Trinajstić information content (AvgIpc) is 2.44. The molecule has 0 bridgehead atoms. The molecular weight excluding hydrogens is 252 g/mol. The van der Waals surface area contributed by atoms with Gasteiger partial charge in [-0.2, -0.15) is 0 Å². The number of hydrogen-bond donors (Lipinski definition) is 1. The van der Waals surface area contributed by atoms with Gasteiger partial charge in [0.2, 0.25) is 5.91 Å². The molecule has 1 N–H and O–H groups in total. The van der Waals surface area contributed by atoms with E-state index in [9.17, 15) is 4.79 Å². The molecule has 118 valence electrons. The van der Waals surface area contributed by atoms with Gasteiger partial charge in [-0.1, -0.05) is 0 Å². The third-order valence-electron chi connectivity index (χ3n) is 4.61. The predicted molar refractivity (Wildman–Crippen MR) is 83.9 cm³/mol. The Kier molecular flexibility index (Phi) is 6.43. The molecule has 0 aromatic heterocycles. The largest absolute Gasteiger partial charge is 0.343 e. The zero-order chi connectivity index (χ0) is 15.3. The highest BCUT2D eigenvalue weighted by Crippen LogP contribution is 2.14. The molecule has 1 aliphatic heterocycles. The molecule has 0 saturated carbocycles. The summed E-state index contributed by atoms with van der Waals surface area (Å²) < 4.78 is 0. The van der Waals surface area contributed by atoms with Crippen molar-refractivity contribution in [2.45, 2.75) is 38.3 Å².